The minimum Gasteiger partial charge on any atom is -0.307 e. The highest BCUT2D eigenvalue weighted by atomic mass is 16.6. The predicted octanol–water partition coefficient (Wildman–Crippen LogP) is 1.80. The van der Waals surface area contributed by atoms with Gasteiger partial charge in [0.1, 0.15) is 12.2 Å². The molecule has 7 nitrogen and oxygen atoms in total. The normalized spacial score (nSPS) is 14.3. The summed E-state index contributed by atoms with van der Waals surface area (Å²) < 4.78 is 1.79. The number of nitro benzene ring substituents is 1. The van der Waals surface area contributed by atoms with Crippen molar-refractivity contribution in [1.82, 2.24) is 20.1 Å². The average molecular weight is 287 g/mol. The van der Waals surface area contributed by atoms with Gasteiger partial charge in [0.05, 0.1) is 18.0 Å². The molecule has 110 valence electrons. The fourth-order valence-corrected chi connectivity index (χ4v) is 2.28. The SMILES string of the molecule is Cc1c(Cn2ncnc2CNC2CC2)cccc1[N+](=O)[O-]. The first kappa shape index (κ1) is 13.7. The molecule has 0 bridgehead atoms. The summed E-state index contributed by atoms with van der Waals surface area (Å²) in [6.07, 6.45) is 3.97. The molecule has 3 rings (SSSR count). The van der Waals surface area contributed by atoms with Crippen molar-refractivity contribution in [2.24, 2.45) is 0 Å². The number of nitrogens with one attached hydrogen (secondary N) is 1. The van der Waals surface area contributed by atoms with Crippen LogP contribution in [0.3, 0.4) is 0 Å². The number of nitro groups is 1. The molecule has 7 heteroatoms. The van der Waals surface area contributed by atoms with Crippen molar-refractivity contribution in [3.8, 4) is 0 Å². The molecule has 0 atom stereocenters. The lowest BCUT2D eigenvalue weighted by molar-refractivity contribution is -0.385. The minimum absolute atomic E-state index is 0.144. The van der Waals surface area contributed by atoms with E-state index in [0.29, 0.717) is 24.7 Å². The van der Waals surface area contributed by atoms with E-state index < -0.39 is 0 Å². The smallest absolute Gasteiger partial charge is 0.272 e. The van der Waals surface area contributed by atoms with Crippen molar-refractivity contribution in [1.29, 1.82) is 0 Å². The zero-order chi connectivity index (χ0) is 14.8. The van der Waals surface area contributed by atoms with E-state index >= 15 is 0 Å². The Hall–Kier alpha value is -2.28. The Kier molecular flexibility index (Phi) is 3.66. The van der Waals surface area contributed by atoms with Crippen LogP contribution < -0.4 is 5.32 Å². The van der Waals surface area contributed by atoms with Gasteiger partial charge < -0.3 is 5.32 Å². The van der Waals surface area contributed by atoms with Crippen LogP contribution in [-0.4, -0.2) is 25.7 Å². The summed E-state index contributed by atoms with van der Waals surface area (Å²) in [5, 5.41) is 18.6. The Balaban J connectivity index is 1.78. The number of aromatic nitrogens is 3. The van der Waals surface area contributed by atoms with Crippen molar-refractivity contribution in [3.05, 3.63) is 51.6 Å². The molecule has 1 fully saturated rings. The van der Waals surface area contributed by atoms with Crippen LogP contribution in [-0.2, 0) is 13.1 Å². The Bertz CT molecular complexity index is 663. The third-order valence-corrected chi connectivity index (χ3v) is 3.76. The van der Waals surface area contributed by atoms with Gasteiger partial charge in [-0.3, -0.25) is 10.1 Å². The number of benzene rings is 1. The molecular formula is C14H17N5O2. The molecule has 1 aromatic heterocycles. The Morgan fingerprint density at radius 3 is 3.00 bits per heavy atom. The number of rotatable bonds is 6. The zero-order valence-electron chi connectivity index (χ0n) is 11.8. The summed E-state index contributed by atoms with van der Waals surface area (Å²) in [6, 6.07) is 5.73. The zero-order valence-corrected chi connectivity index (χ0v) is 11.8. The molecule has 2 aromatic rings. The lowest BCUT2D eigenvalue weighted by atomic mass is 10.1. The van der Waals surface area contributed by atoms with Gasteiger partial charge in [0.15, 0.2) is 0 Å². The van der Waals surface area contributed by atoms with E-state index in [-0.39, 0.29) is 10.6 Å². The van der Waals surface area contributed by atoms with Gasteiger partial charge in [0.25, 0.3) is 5.69 Å². The van der Waals surface area contributed by atoms with Gasteiger partial charge in [0.2, 0.25) is 0 Å². The van der Waals surface area contributed by atoms with Gasteiger partial charge >= 0.3 is 0 Å². The summed E-state index contributed by atoms with van der Waals surface area (Å²) in [5.74, 6) is 0.854. The number of hydrogen-bond acceptors (Lipinski definition) is 5. The van der Waals surface area contributed by atoms with Gasteiger partial charge in [-0.15, -0.1) is 0 Å². The first-order valence-electron chi connectivity index (χ1n) is 6.98. The molecule has 0 spiro atoms. The fraction of sp³-hybridized carbons (Fsp3) is 0.429. The third-order valence-electron chi connectivity index (χ3n) is 3.76. The topological polar surface area (TPSA) is 85.9 Å². The van der Waals surface area contributed by atoms with E-state index in [1.807, 2.05) is 6.07 Å². The first-order chi connectivity index (χ1) is 10.1. The lowest BCUT2D eigenvalue weighted by Crippen LogP contribution is -2.20. The van der Waals surface area contributed by atoms with Crippen LogP contribution in [0.2, 0.25) is 0 Å². The second kappa shape index (κ2) is 5.61. The molecule has 1 heterocycles. The molecule has 1 N–H and O–H groups in total. The molecule has 21 heavy (non-hydrogen) atoms. The summed E-state index contributed by atoms with van der Waals surface area (Å²) in [4.78, 5) is 14.9. The minimum atomic E-state index is -0.351. The summed E-state index contributed by atoms with van der Waals surface area (Å²) in [5.41, 5.74) is 1.71. The van der Waals surface area contributed by atoms with E-state index in [4.69, 9.17) is 0 Å². The highest BCUT2D eigenvalue weighted by Gasteiger charge is 2.21. The number of hydrogen-bond donors (Lipinski definition) is 1. The lowest BCUT2D eigenvalue weighted by Gasteiger charge is -2.09. The Morgan fingerprint density at radius 1 is 1.48 bits per heavy atom. The van der Waals surface area contributed by atoms with E-state index in [1.54, 1.807) is 17.7 Å². The largest absolute Gasteiger partial charge is 0.307 e. The second-order valence-electron chi connectivity index (χ2n) is 5.31. The van der Waals surface area contributed by atoms with Crippen LogP contribution in [0.5, 0.6) is 0 Å². The maximum absolute atomic E-state index is 11.0. The highest BCUT2D eigenvalue weighted by molar-refractivity contribution is 5.44. The molecule has 0 saturated heterocycles. The van der Waals surface area contributed by atoms with Gasteiger partial charge in [0, 0.05) is 17.7 Å². The molecule has 1 saturated carbocycles. The van der Waals surface area contributed by atoms with Crippen molar-refractivity contribution in [2.75, 3.05) is 0 Å². The van der Waals surface area contributed by atoms with Gasteiger partial charge in [-0.05, 0) is 25.3 Å². The quantitative estimate of drug-likeness (QED) is 0.646. The highest BCUT2D eigenvalue weighted by Crippen LogP contribution is 2.22. The van der Waals surface area contributed by atoms with Crippen LogP contribution in [0.25, 0.3) is 0 Å². The van der Waals surface area contributed by atoms with Gasteiger partial charge in [-0.25, -0.2) is 9.67 Å². The summed E-state index contributed by atoms with van der Waals surface area (Å²) in [7, 11) is 0. The van der Waals surface area contributed by atoms with Crippen LogP contribution in [0, 0.1) is 17.0 Å². The van der Waals surface area contributed by atoms with Crippen molar-refractivity contribution in [2.45, 2.75) is 38.9 Å². The fourth-order valence-electron chi connectivity index (χ4n) is 2.28. The number of nitrogens with zero attached hydrogens (tertiary/aromatic N) is 4. The molecular weight excluding hydrogens is 270 g/mol. The van der Waals surface area contributed by atoms with Crippen LogP contribution >= 0.6 is 0 Å². The van der Waals surface area contributed by atoms with Crippen LogP contribution in [0.15, 0.2) is 24.5 Å². The third kappa shape index (κ3) is 3.08. The molecule has 1 aliphatic carbocycles. The summed E-state index contributed by atoms with van der Waals surface area (Å²) in [6.45, 7) is 2.94. The molecule has 0 aliphatic heterocycles. The maximum atomic E-state index is 11.0. The van der Waals surface area contributed by atoms with Crippen molar-refractivity contribution < 1.29 is 4.92 Å². The molecule has 1 aliphatic rings. The standard InChI is InChI=1S/C14H17N5O2/c1-10-11(3-2-4-13(10)19(20)21)8-18-14(16-9-17-18)7-15-12-5-6-12/h2-4,9,12,15H,5-8H2,1H3. The van der Waals surface area contributed by atoms with Crippen molar-refractivity contribution >= 4 is 5.69 Å². The van der Waals surface area contributed by atoms with E-state index in [0.717, 1.165) is 11.4 Å². The van der Waals surface area contributed by atoms with E-state index in [2.05, 4.69) is 15.4 Å². The maximum Gasteiger partial charge on any atom is 0.272 e. The van der Waals surface area contributed by atoms with Crippen LogP contribution in [0.4, 0.5) is 5.69 Å². The second-order valence-corrected chi connectivity index (χ2v) is 5.31. The Morgan fingerprint density at radius 2 is 2.29 bits per heavy atom. The van der Waals surface area contributed by atoms with Gasteiger partial charge in [-0.1, -0.05) is 12.1 Å². The monoisotopic (exact) mass is 287 g/mol. The first-order valence-corrected chi connectivity index (χ1v) is 6.98. The van der Waals surface area contributed by atoms with Crippen LogP contribution in [0.1, 0.15) is 29.8 Å². The molecule has 0 unspecified atom stereocenters. The van der Waals surface area contributed by atoms with E-state index in [9.17, 15) is 10.1 Å². The Labute approximate surface area is 122 Å². The molecule has 0 amide bonds. The van der Waals surface area contributed by atoms with Crippen molar-refractivity contribution in [3.63, 3.8) is 0 Å². The summed E-state index contributed by atoms with van der Waals surface area (Å²) >= 11 is 0. The molecule has 1 aromatic carbocycles. The molecule has 0 radical (unpaired) electrons. The van der Waals surface area contributed by atoms with Gasteiger partial charge in [-0.2, -0.15) is 5.10 Å². The van der Waals surface area contributed by atoms with E-state index in [1.165, 1.54) is 25.2 Å². The average Bonchev–Trinajstić information content (AvgIpc) is 3.18. The predicted molar refractivity (Wildman–Crippen MR) is 76.8 cm³/mol.